The summed E-state index contributed by atoms with van der Waals surface area (Å²) in [5.74, 6) is 0.546. The zero-order valence-corrected chi connectivity index (χ0v) is 13.9. The van der Waals surface area contributed by atoms with Gasteiger partial charge in [0, 0.05) is 18.5 Å². The molecule has 2 aliphatic rings. The Labute approximate surface area is 141 Å². The largest absolute Gasteiger partial charge is 0.354 e. The van der Waals surface area contributed by atoms with Gasteiger partial charge in [-0.05, 0) is 49.4 Å². The van der Waals surface area contributed by atoms with Crippen LogP contribution in [0, 0.1) is 5.92 Å². The first-order chi connectivity index (χ1) is 9.65. The van der Waals surface area contributed by atoms with Gasteiger partial charge in [-0.3, -0.25) is 4.79 Å². The molecule has 0 bridgehead atoms. The van der Waals surface area contributed by atoms with Gasteiger partial charge in [0.1, 0.15) is 0 Å². The number of halogens is 3. The molecule has 1 aromatic carbocycles. The maximum absolute atomic E-state index is 12.1. The van der Waals surface area contributed by atoms with Crippen LogP contribution in [0.25, 0.3) is 0 Å². The van der Waals surface area contributed by atoms with E-state index in [4.69, 9.17) is 23.2 Å². The Morgan fingerprint density at radius 3 is 2.81 bits per heavy atom. The second kappa shape index (κ2) is 7.19. The first-order valence-electron chi connectivity index (χ1n) is 7.11. The lowest BCUT2D eigenvalue weighted by molar-refractivity contribution is -0.122. The highest BCUT2D eigenvalue weighted by molar-refractivity contribution is 6.42. The van der Waals surface area contributed by atoms with Crippen molar-refractivity contribution in [2.45, 2.75) is 31.2 Å². The molecule has 3 unspecified atom stereocenters. The van der Waals surface area contributed by atoms with Crippen molar-refractivity contribution >= 4 is 41.5 Å². The summed E-state index contributed by atoms with van der Waals surface area (Å²) >= 11 is 11.9. The van der Waals surface area contributed by atoms with Crippen LogP contribution < -0.4 is 10.6 Å². The Balaban J connectivity index is 0.00000161. The summed E-state index contributed by atoms with van der Waals surface area (Å²) in [4.78, 5) is 12.1. The van der Waals surface area contributed by atoms with E-state index in [1.54, 1.807) is 6.07 Å². The molecule has 0 spiro atoms. The van der Waals surface area contributed by atoms with Crippen LogP contribution in [0.15, 0.2) is 18.2 Å². The Bertz CT molecular complexity index is 518. The zero-order chi connectivity index (χ0) is 14.1. The van der Waals surface area contributed by atoms with E-state index in [1.807, 2.05) is 12.1 Å². The maximum atomic E-state index is 12.1. The van der Waals surface area contributed by atoms with Gasteiger partial charge in [-0.1, -0.05) is 29.3 Å². The summed E-state index contributed by atoms with van der Waals surface area (Å²) in [5.41, 5.74) is 1.11. The molecule has 1 aliphatic carbocycles. The number of carbonyl (C=O) groups is 1. The Morgan fingerprint density at radius 2 is 2.14 bits per heavy atom. The van der Waals surface area contributed by atoms with Crippen molar-refractivity contribution < 1.29 is 4.79 Å². The van der Waals surface area contributed by atoms with Crippen molar-refractivity contribution in [1.29, 1.82) is 0 Å². The quantitative estimate of drug-likeness (QED) is 0.875. The van der Waals surface area contributed by atoms with Crippen LogP contribution in [0.2, 0.25) is 10.0 Å². The van der Waals surface area contributed by atoms with Gasteiger partial charge in [-0.2, -0.15) is 0 Å². The van der Waals surface area contributed by atoms with E-state index in [1.165, 1.54) is 6.42 Å². The molecule has 2 N–H and O–H groups in total. The molecule has 0 aromatic heterocycles. The molecule has 3 atom stereocenters. The van der Waals surface area contributed by atoms with E-state index in [9.17, 15) is 4.79 Å². The molecular formula is C15H19Cl3N2O. The second-order valence-corrected chi connectivity index (χ2v) is 6.48. The summed E-state index contributed by atoms with van der Waals surface area (Å²) in [6.07, 6.45) is 3.26. The minimum absolute atomic E-state index is 0. The van der Waals surface area contributed by atoms with Crippen LogP contribution in [0.4, 0.5) is 0 Å². The molecule has 1 aliphatic heterocycles. The molecule has 116 valence electrons. The third-order valence-electron chi connectivity index (χ3n) is 4.18. The van der Waals surface area contributed by atoms with E-state index in [0.717, 1.165) is 31.5 Å². The zero-order valence-electron chi connectivity index (χ0n) is 11.6. The van der Waals surface area contributed by atoms with Crippen molar-refractivity contribution in [3.05, 3.63) is 33.8 Å². The fraction of sp³-hybridized carbons (Fsp3) is 0.533. The molecule has 1 saturated heterocycles. The van der Waals surface area contributed by atoms with E-state index in [2.05, 4.69) is 10.6 Å². The molecule has 1 aromatic rings. The molecule has 21 heavy (non-hydrogen) atoms. The van der Waals surface area contributed by atoms with Crippen LogP contribution in [0.3, 0.4) is 0 Å². The highest BCUT2D eigenvalue weighted by atomic mass is 35.5. The molecule has 0 radical (unpaired) electrons. The summed E-state index contributed by atoms with van der Waals surface area (Å²) in [6, 6.07) is 6.08. The molecule has 2 fully saturated rings. The highest BCUT2D eigenvalue weighted by Gasteiger charge is 2.44. The Hall–Kier alpha value is -0.480. The number of rotatable bonds is 4. The fourth-order valence-corrected chi connectivity index (χ4v) is 3.19. The third kappa shape index (κ3) is 4.04. The normalized spacial score (nSPS) is 27.0. The highest BCUT2D eigenvalue weighted by Crippen LogP contribution is 2.48. The van der Waals surface area contributed by atoms with Gasteiger partial charge in [-0.15, -0.1) is 12.4 Å². The number of nitrogens with one attached hydrogen (secondary N) is 2. The summed E-state index contributed by atoms with van der Waals surface area (Å²) in [5, 5.41) is 7.55. The lowest BCUT2D eigenvalue weighted by atomic mass is 10.1. The predicted octanol–water partition coefficient (Wildman–Crippen LogP) is 3.39. The average Bonchev–Trinajstić information content (AvgIpc) is 3.07. The van der Waals surface area contributed by atoms with Crippen molar-refractivity contribution in [2.75, 3.05) is 13.1 Å². The molecule has 1 saturated carbocycles. The summed E-state index contributed by atoms with van der Waals surface area (Å²) in [7, 11) is 0. The van der Waals surface area contributed by atoms with Crippen molar-refractivity contribution in [1.82, 2.24) is 10.6 Å². The van der Waals surface area contributed by atoms with Crippen LogP contribution in [0.1, 0.15) is 30.7 Å². The van der Waals surface area contributed by atoms with Gasteiger partial charge >= 0.3 is 0 Å². The monoisotopic (exact) mass is 348 g/mol. The fourth-order valence-electron chi connectivity index (χ4n) is 2.88. The summed E-state index contributed by atoms with van der Waals surface area (Å²) < 4.78 is 0. The SMILES string of the molecule is Cl.O=C(NCC1CCCN1)C1CC1c1ccc(Cl)c(Cl)c1. The lowest BCUT2D eigenvalue weighted by Gasteiger charge is -2.11. The maximum Gasteiger partial charge on any atom is 0.223 e. The number of carbonyl (C=O) groups excluding carboxylic acids is 1. The van der Waals surface area contributed by atoms with Crippen molar-refractivity contribution in [3.63, 3.8) is 0 Å². The summed E-state index contributed by atoms with van der Waals surface area (Å²) in [6.45, 7) is 1.80. The number of amides is 1. The van der Waals surface area contributed by atoms with Gasteiger partial charge in [0.2, 0.25) is 5.91 Å². The Kier molecular flexibility index (Phi) is 5.78. The molecular weight excluding hydrogens is 331 g/mol. The number of hydrogen-bond donors (Lipinski definition) is 2. The van der Waals surface area contributed by atoms with Crippen molar-refractivity contribution in [2.24, 2.45) is 5.92 Å². The molecule has 1 amide bonds. The minimum atomic E-state index is 0. The smallest absolute Gasteiger partial charge is 0.223 e. The van der Waals surface area contributed by atoms with Crippen molar-refractivity contribution in [3.8, 4) is 0 Å². The van der Waals surface area contributed by atoms with E-state index >= 15 is 0 Å². The average molecular weight is 350 g/mol. The Morgan fingerprint density at radius 1 is 1.33 bits per heavy atom. The lowest BCUT2D eigenvalue weighted by Crippen LogP contribution is -2.37. The van der Waals surface area contributed by atoms with Crippen LogP contribution >= 0.6 is 35.6 Å². The third-order valence-corrected chi connectivity index (χ3v) is 4.92. The van der Waals surface area contributed by atoms with Gasteiger partial charge < -0.3 is 10.6 Å². The van der Waals surface area contributed by atoms with Crippen LogP contribution in [-0.4, -0.2) is 25.0 Å². The van der Waals surface area contributed by atoms with Gasteiger partial charge in [0.15, 0.2) is 0 Å². The predicted molar refractivity (Wildman–Crippen MR) is 88.6 cm³/mol. The minimum Gasteiger partial charge on any atom is -0.354 e. The molecule has 3 nitrogen and oxygen atoms in total. The van der Waals surface area contributed by atoms with E-state index in [-0.39, 0.29) is 24.2 Å². The molecule has 3 rings (SSSR count). The number of benzene rings is 1. The molecule has 1 heterocycles. The van der Waals surface area contributed by atoms with Gasteiger partial charge in [-0.25, -0.2) is 0 Å². The van der Waals surface area contributed by atoms with E-state index in [0.29, 0.717) is 22.0 Å². The first kappa shape index (κ1) is 16.9. The van der Waals surface area contributed by atoms with Crippen LogP contribution in [0.5, 0.6) is 0 Å². The topological polar surface area (TPSA) is 41.1 Å². The van der Waals surface area contributed by atoms with Gasteiger partial charge in [0.05, 0.1) is 10.0 Å². The van der Waals surface area contributed by atoms with Gasteiger partial charge in [0.25, 0.3) is 0 Å². The molecule has 6 heteroatoms. The first-order valence-corrected chi connectivity index (χ1v) is 7.87. The number of hydrogen-bond acceptors (Lipinski definition) is 2. The van der Waals surface area contributed by atoms with Crippen LogP contribution in [-0.2, 0) is 4.79 Å². The standard InChI is InChI=1S/C15H18Cl2N2O.ClH/c16-13-4-3-9(6-14(13)17)11-7-12(11)15(20)19-8-10-2-1-5-18-10;/h3-4,6,10-12,18H,1-2,5,7-8H2,(H,19,20);1H. The van der Waals surface area contributed by atoms with E-state index < -0.39 is 0 Å². The second-order valence-electron chi connectivity index (χ2n) is 5.66.